The maximum atomic E-state index is 12.8. The number of Topliss-reactive ketones (excluding diaryl/α,β-unsaturated/α-hetero) is 1. The molecule has 0 saturated heterocycles. The van der Waals surface area contributed by atoms with E-state index in [1.54, 1.807) is 6.07 Å². The van der Waals surface area contributed by atoms with Crippen LogP contribution in [0.1, 0.15) is 22.3 Å². The summed E-state index contributed by atoms with van der Waals surface area (Å²) in [6, 6.07) is 16.2. The molecule has 40 heavy (non-hydrogen) atoms. The Morgan fingerprint density at radius 2 is 1.45 bits per heavy atom. The van der Waals surface area contributed by atoms with E-state index in [9.17, 15) is 26.4 Å². The average molecular weight is 587 g/mol. The van der Waals surface area contributed by atoms with Gasteiger partial charge in [-0.25, -0.2) is 26.4 Å². The number of fused-ring (bicyclic) bond motifs is 1. The lowest BCUT2D eigenvalue weighted by molar-refractivity contribution is -0.116. The Kier molecular flexibility index (Phi) is 8.92. The normalized spacial score (nSPS) is 13.7. The number of amides is 2. The van der Waals surface area contributed by atoms with Gasteiger partial charge in [-0.15, -0.1) is 0 Å². The Labute approximate surface area is 233 Å². The summed E-state index contributed by atoms with van der Waals surface area (Å²) in [6.07, 6.45) is 0.881. The molecule has 3 aromatic carbocycles. The summed E-state index contributed by atoms with van der Waals surface area (Å²) in [5, 5.41) is 9.13. The molecule has 1 aliphatic heterocycles. The van der Waals surface area contributed by atoms with Gasteiger partial charge in [0.2, 0.25) is 0 Å². The molecular weight excluding hydrogens is 556 g/mol. The van der Waals surface area contributed by atoms with Crippen molar-refractivity contribution in [1.29, 1.82) is 0 Å². The smallest absolute Gasteiger partial charge is 0.331 e. The molecule has 10 nitrogen and oxygen atoms in total. The molecule has 0 unspecified atom stereocenters. The van der Waals surface area contributed by atoms with E-state index in [-0.39, 0.29) is 29.4 Å². The zero-order chi connectivity index (χ0) is 28.9. The van der Waals surface area contributed by atoms with Gasteiger partial charge in [-0.2, -0.15) is 0 Å². The SMILES string of the molecule is COc1ccc(S(=O)(=O)NC(=O)N2CCc3ccc(CC(=O)CS(=O)(=O)c4ccc(CO)cc4)cc3CC2)cc1. The number of methoxy groups -OCH3 is 1. The minimum absolute atomic E-state index is 0.0207. The molecule has 4 rings (SSSR count). The minimum Gasteiger partial charge on any atom is -0.497 e. The predicted octanol–water partition coefficient (Wildman–Crippen LogP) is 2.27. The summed E-state index contributed by atoms with van der Waals surface area (Å²) in [5.74, 6) is -0.601. The van der Waals surface area contributed by atoms with Crippen LogP contribution in [0.2, 0.25) is 0 Å². The Balaban J connectivity index is 1.37. The number of ether oxygens (including phenoxy) is 1. The van der Waals surface area contributed by atoms with Crippen LogP contribution in [0.4, 0.5) is 4.79 Å². The quantitative estimate of drug-likeness (QED) is 0.388. The van der Waals surface area contributed by atoms with Crippen molar-refractivity contribution in [2.45, 2.75) is 35.7 Å². The van der Waals surface area contributed by atoms with Crippen molar-refractivity contribution < 1.29 is 36.3 Å². The number of urea groups is 1. The largest absolute Gasteiger partial charge is 0.497 e. The molecule has 0 atom stereocenters. The number of sulfone groups is 1. The first-order valence-electron chi connectivity index (χ1n) is 12.5. The van der Waals surface area contributed by atoms with Gasteiger partial charge < -0.3 is 14.7 Å². The lowest BCUT2D eigenvalue weighted by atomic mass is 9.98. The van der Waals surface area contributed by atoms with Crippen LogP contribution < -0.4 is 9.46 Å². The molecule has 0 spiro atoms. The van der Waals surface area contributed by atoms with Crippen molar-refractivity contribution >= 4 is 31.7 Å². The standard InChI is InChI=1S/C28H30N2O8S2/c1-38-25-6-10-27(11-7-25)40(36,37)29-28(33)30-14-12-22-5-2-21(16-23(22)13-15-30)17-24(32)19-39(34,35)26-8-3-20(18-31)4-9-26/h2-11,16,31H,12-15,17-19H2,1H3,(H,29,33). The van der Waals surface area contributed by atoms with Crippen LogP contribution in [0, 0.1) is 0 Å². The van der Waals surface area contributed by atoms with E-state index in [2.05, 4.69) is 4.72 Å². The lowest BCUT2D eigenvalue weighted by Gasteiger charge is -2.20. The van der Waals surface area contributed by atoms with Crippen molar-refractivity contribution in [1.82, 2.24) is 9.62 Å². The number of rotatable bonds is 9. The molecule has 12 heteroatoms. The zero-order valence-electron chi connectivity index (χ0n) is 21.9. The molecule has 212 valence electrons. The van der Waals surface area contributed by atoms with Gasteiger partial charge in [0.1, 0.15) is 11.5 Å². The number of aliphatic hydroxyl groups is 1. The Hall–Kier alpha value is -3.74. The van der Waals surface area contributed by atoms with Crippen LogP contribution in [-0.2, 0) is 50.5 Å². The molecule has 2 N–H and O–H groups in total. The highest BCUT2D eigenvalue weighted by atomic mass is 32.2. The second kappa shape index (κ2) is 12.2. The third kappa shape index (κ3) is 7.06. The topological polar surface area (TPSA) is 147 Å². The third-order valence-corrected chi connectivity index (χ3v) is 9.70. The molecule has 0 saturated carbocycles. The predicted molar refractivity (Wildman–Crippen MR) is 147 cm³/mol. The van der Waals surface area contributed by atoms with Crippen LogP contribution in [-0.4, -0.2) is 64.6 Å². The fraction of sp³-hybridized carbons (Fsp3) is 0.286. The number of nitrogens with one attached hydrogen (secondary N) is 1. The monoisotopic (exact) mass is 586 g/mol. The Morgan fingerprint density at radius 1 is 0.850 bits per heavy atom. The molecule has 0 fully saturated rings. The second-order valence-corrected chi connectivity index (χ2v) is 13.1. The minimum atomic E-state index is -4.07. The Morgan fingerprint density at radius 3 is 2.08 bits per heavy atom. The van der Waals surface area contributed by atoms with Crippen LogP contribution in [0.5, 0.6) is 5.75 Å². The maximum Gasteiger partial charge on any atom is 0.331 e. The third-order valence-electron chi connectivity index (χ3n) is 6.67. The molecule has 0 aromatic heterocycles. The van der Waals surface area contributed by atoms with E-state index < -0.39 is 37.4 Å². The maximum absolute atomic E-state index is 12.8. The highest BCUT2D eigenvalue weighted by Crippen LogP contribution is 2.21. The zero-order valence-corrected chi connectivity index (χ0v) is 23.5. The Bertz CT molecular complexity index is 1600. The van der Waals surface area contributed by atoms with Crippen LogP contribution >= 0.6 is 0 Å². The molecular formula is C28H30N2O8S2. The number of nitrogens with zero attached hydrogens (tertiary/aromatic N) is 1. The molecule has 1 heterocycles. The molecule has 1 aliphatic rings. The van der Waals surface area contributed by atoms with E-state index in [1.807, 2.05) is 12.1 Å². The van der Waals surface area contributed by atoms with E-state index in [1.165, 1.54) is 60.5 Å². The summed E-state index contributed by atoms with van der Waals surface area (Å²) >= 11 is 0. The molecule has 2 amide bonds. The second-order valence-electron chi connectivity index (χ2n) is 9.45. The number of benzene rings is 3. The van der Waals surface area contributed by atoms with Gasteiger partial charge in [-0.1, -0.05) is 30.3 Å². The highest BCUT2D eigenvalue weighted by molar-refractivity contribution is 7.92. The fourth-order valence-electron chi connectivity index (χ4n) is 4.46. The van der Waals surface area contributed by atoms with E-state index in [0.29, 0.717) is 36.3 Å². The molecule has 0 bridgehead atoms. The van der Waals surface area contributed by atoms with Gasteiger partial charge in [0.25, 0.3) is 10.0 Å². The van der Waals surface area contributed by atoms with Gasteiger partial charge in [-0.3, -0.25) is 4.79 Å². The van der Waals surface area contributed by atoms with Gasteiger partial charge in [0.05, 0.1) is 23.5 Å². The van der Waals surface area contributed by atoms with Crippen molar-refractivity contribution in [3.63, 3.8) is 0 Å². The summed E-state index contributed by atoms with van der Waals surface area (Å²) in [7, 11) is -6.42. The van der Waals surface area contributed by atoms with Crippen LogP contribution in [0.25, 0.3) is 0 Å². The molecule has 0 aliphatic carbocycles. The van der Waals surface area contributed by atoms with Crippen molar-refractivity contribution in [3.8, 4) is 5.75 Å². The number of aliphatic hydroxyl groups excluding tert-OH is 1. The molecule has 3 aromatic rings. The van der Waals surface area contributed by atoms with Gasteiger partial charge >= 0.3 is 6.03 Å². The van der Waals surface area contributed by atoms with E-state index in [0.717, 1.165) is 11.1 Å². The number of carbonyl (C=O) groups is 2. The number of hydrogen-bond acceptors (Lipinski definition) is 8. The first kappa shape index (κ1) is 29.2. The van der Waals surface area contributed by atoms with E-state index >= 15 is 0 Å². The van der Waals surface area contributed by atoms with Crippen molar-refractivity contribution in [2.24, 2.45) is 0 Å². The first-order chi connectivity index (χ1) is 19.0. The summed E-state index contributed by atoms with van der Waals surface area (Å²) < 4.78 is 57.8. The number of hydrogen-bond donors (Lipinski definition) is 2. The van der Waals surface area contributed by atoms with Gasteiger partial charge in [0.15, 0.2) is 15.6 Å². The first-order valence-corrected chi connectivity index (χ1v) is 15.6. The summed E-state index contributed by atoms with van der Waals surface area (Å²) in [6.45, 7) is 0.373. The van der Waals surface area contributed by atoms with E-state index in [4.69, 9.17) is 9.84 Å². The van der Waals surface area contributed by atoms with Crippen LogP contribution in [0.15, 0.2) is 76.5 Å². The fourth-order valence-corrected chi connectivity index (χ4v) is 6.68. The van der Waals surface area contributed by atoms with Crippen LogP contribution in [0.3, 0.4) is 0 Å². The number of ketones is 1. The number of carbonyl (C=O) groups excluding carboxylic acids is 2. The van der Waals surface area contributed by atoms with Gasteiger partial charge in [-0.05, 0) is 71.5 Å². The average Bonchev–Trinajstić information content (AvgIpc) is 3.15. The summed E-state index contributed by atoms with van der Waals surface area (Å²) in [5.41, 5.74) is 3.13. The molecule has 0 radical (unpaired) electrons. The summed E-state index contributed by atoms with van der Waals surface area (Å²) in [4.78, 5) is 26.8. The number of sulfonamides is 1. The van der Waals surface area contributed by atoms with Gasteiger partial charge in [0, 0.05) is 19.5 Å². The highest BCUT2D eigenvalue weighted by Gasteiger charge is 2.25. The lowest BCUT2D eigenvalue weighted by Crippen LogP contribution is -2.43. The van der Waals surface area contributed by atoms with Crippen molar-refractivity contribution in [3.05, 3.63) is 89.0 Å². The van der Waals surface area contributed by atoms with Crippen molar-refractivity contribution in [2.75, 3.05) is 26.0 Å².